The Bertz CT molecular complexity index is 1250. The third kappa shape index (κ3) is 7.55. The number of nitriles is 1. The molecule has 0 aliphatic heterocycles. The van der Waals surface area contributed by atoms with Crippen LogP contribution in [0.3, 0.4) is 0 Å². The van der Waals surface area contributed by atoms with Crippen LogP contribution in [0.5, 0.6) is 5.75 Å². The molecular weight excluding hydrogens is 478 g/mol. The number of thioether (sulfide) groups is 1. The van der Waals surface area contributed by atoms with Crippen LogP contribution in [0.2, 0.25) is 0 Å². The molecule has 8 nitrogen and oxygen atoms in total. The molecule has 0 saturated carbocycles. The lowest BCUT2D eigenvalue weighted by Crippen LogP contribution is -2.41. The van der Waals surface area contributed by atoms with Crippen LogP contribution in [-0.4, -0.2) is 30.1 Å². The molecule has 3 amide bonds. The van der Waals surface area contributed by atoms with Crippen LogP contribution < -0.4 is 20.9 Å². The topological polar surface area (TPSA) is 120 Å². The van der Waals surface area contributed by atoms with Crippen LogP contribution in [0, 0.1) is 11.3 Å². The predicted molar refractivity (Wildman–Crippen MR) is 125 cm³/mol. The number of hydrazine groups is 1. The van der Waals surface area contributed by atoms with Crippen LogP contribution in [0.15, 0.2) is 77.7 Å². The quantitative estimate of drug-likeness (QED) is 0.321. The molecule has 0 unspecified atom stereocenters. The van der Waals surface area contributed by atoms with Crippen LogP contribution in [0.4, 0.5) is 14.5 Å². The van der Waals surface area contributed by atoms with Gasteiger partial charge in [-0.2, -0.15) is 14.0 Å². The number of carbonyl (C=O) groups is 3. The van der Waals surface area contributed by atoms with Gasteiger partial charge in [0.25, 0.3) is 23.5 Å². The molecule has 0 bridgehead atoms. The maximum absolute atomic E-state index is 12.5. The molecule has 0 spiro atoms. The Labute approximate surface area is 203 Å². The van der Waals surface area contributed by atoms with Gasteiger partial charge in [0, 0.05) is 16.1 Å². The number of benzene rings is 3. The van der Waals surface area contributed by atoms with Gasteiger partial charge in [0.1, 0.15) is 5.75 Å². The fraction of sp³-hybridized carbons (Fsp3) is 0.0833. The molecule has 11 heteroatoms. The first-order chi connectivity index (χ1) is 16.9. The molecule has 178 valence electrons. The Morgan fingerprint density at radius 1 is 0.914 bits per heavy atom. The third-order valence-electron chi connectivity index (χ3n) is 4.42. The number of nitrogens with one attached hydrogen (secondary N) is 3. The van der Waals surface area contributed by atoms with E-state index in [0.29, 0.717) is 27.9 Å². The molecule has 3 rings (SSSR count). The smallest absolute Gasteiger partial charge is 0.288 e. The Morgan fingerprint density at radius 2 is 1.57 bits per heavy atom. The predicted octanol–water partition coefficient (Wildman–Crippen LogP) is 3.97. The summed E-state index contributed by atoms with van der Waals surface area (Å²) in [5.74, 6) is -4.21. The first kappa shape index (κ1) is 25.2. The molecule has 3 aromatic carbocycles. The van der Waals surface area contributed by atoms with Crippen molar-refractivity contribution in [2.24, 2.45) is 0 Å². The molecule has 3 aromatic rings. The van der Waals surface area contributed by atoms with Gasteiger partial charge in [0.2, 0.25) is 0 Å². The standard InChI is InChI=1S/C24H18F2N4O4S/c25-24(26)35-18-11-9-17(10-12-18)28-21(31)14-34-20-4-2-1-3-19(20)23(33)30-29-22(32)16-7-5-15(13-27)6-8-16/h1-12,24H,14H2,(H,28,31)(H,29,32)(H,30,33). The van der Waals surface area contributed by atoms with Crippen LogP contribution in [0.1, 0.15) is 26.3 Å². The van der Waals surface area contributed by atoms with Crippen molar-refractivity contribution in [3.05, 3.63) is 89.5 Å². The van der Waals surface area contributed by atoms with E-state index >= 15 is 0 Å². The lowest BCUT2D eigenvalue weighted by molar-refractivity contribution is -0.118. The van der Waals surface area contributed by atoms with Gasteiger partial charge in [-0.3, -0.25) is 25.2 Å². The number of rotatable bonds is 8. The minimum absolute atomic E-state index is 0.0776. The Kier molecular flexibility index (Phi) is 8.75. The molecule has 3 N–H and O–H groups in total. The fourth-order valence-electron chi connectivity index (χ4n) is 2.79. The van der Waals surface area contributed by atoms with E-state index in [1.165, 1.54) is 60.7 Å². The number of amides is 3. The molecule has 0 saturated heterocycles. The molecule has 0 fully saturated rings. The zero-order valence-corrected chi connectivity index (χ0v) is 18.8. The van der Waals surface area contributed by atoms with Gasteiger partial charge < -0.3 is 10.1 Å². The number of carbonyl (C=O) groups excluding carboxylic acids is 3. The van der Waals surface area contributed by atoms with Crippen molar-refractivity contribution in [2.45, 2.75) is 10.7 Å². The number of hydrogen-bond donors (Lipinski definition) is 3. The summed E-state index contributed by atoms with van der Waals surface area (Å²) in [5.41, 5.74) is 5.65. The van der Waals surface area contributed by atoms with Crippen LogP contribution >= 0.6 is 11.8 Å². The van der Waals surface area contributed by atoms with E-state index in [2.05, 4.69) is 16.2 Å². The number of nitrogens with zero attached hydrogens (tertiary/aromatic N) is 1. The first-order valence-electron chi connectivity index (χ1n) is 10.0. The van der Waals surface area contributed by atoms with E-state index in [0.717, 1.165) is 0 Å². The summed E-state index contributed by atoms with van der Waals surface area (Å²) in [6.07, 6.45) is 0. The number of ether oxygens (including phenoxy) is 1. The van der Waals surface area contributed by atoms with Gasteiger partial charge in [-0.05, 0) is 60.7 Å². The second kappa shape index (κ2) is 12.2. The highest BCUT2D eigenvalue weighted by molar-refractivity contribution is 7.99. The zero-order valence-electron chi connectivity index (χ0n) is 18.0. The average Bonchev–Trinajstić information content (AvgIpc) is 2.87. The number of alkyl halides is 2. The Hall–Kier alpha value is -4.43. The maximum Gasteiger partial charge on any atom is 0.288 e. The molecule has 35 heavy (non-hydrogen) atoms. The SMILES string of the molecule is N#Cc1ccc(C(=O)NNC(=O)c2ccccc2OCC(=O)Nc2ccc(SC(F)F)cc2)cc1. The number of hydrogen-bond acceptors (Lipinski definition) is 6. The largest absolute Gasteiger partial charge is 0.483 e. The van der Waals surface area contributed by atoms with E-state index in [1.54, 1.807) is 12.1 Å². The van der Waals surface area contributed by atoms with Crippen molar-refractivity contribution in [3.8, 4) is 11.8 Å². The number of halogens is 2. The minimum atomic E-state index is -2.54. The molecule has 0 aliphatic carbocycles. The van der Waals surface area contributed by atoms with E-state index in [-0.39, 0.29) is 16.9 Å². The summed E-state index contributed by atoms with van der Waals surface area (Å²) in [6, 6.07) is 19.8. The summed E-state index contributed by atoms with van der Waals surface area (Å²) < 4.78 is 30.2. The summed E-state index contributed by atoms with van der Waals surface area (Å²) >= 11 is 0.397. The Balaban J connectivity index is 1.54. The zero-order chi connectivity index (χ0) is 25.2. The van der Waals surface area contributed by atoms with Gasteiger partial charge >= 0.3 is 0 Å². The monoisotopic (exact) mass is 496 g/mol. The summed E-state index contributed by atoms with van der Waals surface area (Å²) in [7, 11) is 0. The van der Waals surface area contributed by atoms with Gasteiger partial charge in [-0.15, -0.1) is 0 Å². The second-order valence-electron chi connectivity index (χ2n) is 6.83. The maximum atomic E-state index is 12.5. The lowest BCUT2D eigenvalue weighted by Gasteiger charge is -2.12. The van der Waals surface area contributed by atoms with Crippen LogP contribution in [-0.2, 0) is 4.79 Å². The second-order valence-corrected chi connectivity index (χ2v) is 7.90. The van der Waals surface area contributed by atoms with Crippen molar-refractivity contribution < 1.29 is 27.9 Å². The van der Waals surface area contributed by atoms with Gasteiger partial charge in [-0.1, -0.05) is 23.9 Å². The van der Waals surface area contributed by atoms with Gasteiger partial charge in [0.05, 0.1) is 17.2 Å². The van der Waals surface area contributed by atoms with Crippen molar-refractivity contribution in [1.29, 1.82) is 5.26 Å². The van der Waals surface area contributed by atoms with Crippen molar-refractivity contribution in [3.63, 3.8) is 0 Å². The fourth-order valence-corrected chi connectivity index (χ4v) is 3.29. The Morgan fingerprint density at radius 3 is 2.23 bits per heavy atom. The molecule has 0 atom stereocenters. The molecular formula is C24H18F2N4O4S. The third-order valence-corrected chi connectivity index (χ3v) is 5.14. The van der Waals surface area contributed by atoms with E-state index in [4.69, 9.17) is 10.00 Å². The van der Waals surface area contributed by atoms with Crippen molar-refractivity contribution in [1.82, 2.24) is 10.9 Å². The highest BCUT2D eigenvalue weighted by Crippen LogP contribution is 2.26. The van der Waals surface area contributed by atoms with Gasteiger partial charge in [0.15, 0.2) is 6.61 Å². The van der Waals surface area contributed by atoms with E-state index in [1.807, 2.05) is 6.07 Å². The molecule has 0 radical (unpaired) electrons. The van der Waals surface area contributed by atoms with E-state index in [9.17, 15) is 23.2 Å². The van der Waals surface area contributed by atoms with Crippen LogP contribution in [0.25, 0.3) is 0 Å². The highest BCUT2D eigenvalue weighted by atomic mass is 32.2. The number of anilines is 1. The van der Waals surface area contributed by atoms with Crippen molar-refractivity contribution in [2.75, 3.05) is 11.9 Å². The molecule has 0 aromatic heterocycles. The van der Waals surface area contributed by atoms with Crippen molar-refractivity contribution >= 4 is 35.2 Å². The highest BCUT2D eigenvalue weighted by Gasteiger charge is 2.15. The first-order valence-corrected chi connectivity index (χ1v) is 10.9. The summed E-state index contributed by atoms with van der Waals surface area (Å²) in [6.45, 7) is -0.421. The average molecular weight is 496 g/mol. The number of para-hydroxylation sites is 1. The van der Waals surface area contributed by atoms with Gasteiger partial charge in [-0.25, -0.2) is 0 Å². The normalized spacial score (nSPS) is 10.2. The van der Waals surface area contributed by atoms with E-state index < -0.39 is 30.1 Å². The lowest BCUT2D eigenvalue weighted by atomic mass is 10.1. The summed E-state index contributed by atoms with van der Waals surface area (Å²) in [4.78, 5) is 37.3. The molecule has 0 heterocycles. The minimum Gasteiger partial charge on any atom is -0.483 e. The molecule has 0 aliphatic rings. The summed E-state index contributed by atoms with van der Waals surface area (Å²) in [5, 5.41) is 11.4.